The molecular formula is C11H12F5N. The van der Waals surface area contributed by atoms with E-state index >= 15 is 0 Å². The molecule has 0 amide bonds. The van der Waals surface area contributed by atoms with Gasteiger partial charge in [-0.05, 0) is 12.0 Å². The van der Waals surface area contributed by atoms with Crippen molar-refractivity contribution in [2.24, 2.45) is 5.73 Å². The number of alkyl halides is 5. The third kappa shape index (κ3) is 3.96. The molecule has 0 saturated carbocycles. The molecule has 0 aromatic heterocycles. The number of benzene rings is 1. The van der Waals surface area contributed by atoms with Gasteiger partial charge in [0.15, 0.2) is 0 Å². The van der Waals surface area contributed by atoms with Crippen molar-refractivity contribution in [3.8, 4) is 0 Å². The summed E-state index contributed by atoms with van der Waals surface area (Å²) in [4.78, 5) is 0. The normalized spacial score (nSPS) is 14.7. The van der Waals surface area contributed by atoms with Gasteiger partial charge in [-0.3, -0.25) is 0 Å². The van der Waals surface area contributed by atoms with Crippen molar-refractivity contribution >= 4 is 0 Å². The van der Waals surface area contributed by atoms with Crippen LogP contribution in [0.1, 0.15) is 12.0 Å². The highest BCUT2D eigenvalue weighted by atomic mass is 19.4. The van der Waals surface area contributed by atoms with E-state index in [-0.39, 0.29) is 6.42 Å². The van der Waals surface area contributed by atoms with Crippen molar-refractivity contribution in [3.63, 3.8) is 0 Å². The maximum absolute atomic E-state index is 12.7. The first-order chi connectivity index (χ1) is 7.72. The number of nitrogens with two attached hydrogens (primary N) is 1. The van der Waals surface area contributed by atoms with Crippen LogP contribution in [0.5, 0.6) is 0 Å². The first-order valence-corrected chi connectivity index (χ1v) is 4.96. The van der Waals surface area contributed by atoms with Gasteiger partial charge in [-0.15, -0.1) is 0 Å². The Balaban J connectivity index is 2.59. The average Bonchev–Trinajstić information content (AvgIpc) is 2.16. The van der Waals surface area contributed by atoms with Crippen LogP contribution in [-0.2, 0) is 6.42 Å². The van der Waals surface area contributed by atoms with E-state index in [2.05, 4.69) is 0 Å². The first kappa shape index (κ1) is 13.9. The van der Waals surface area contributed by atoms with E-state index in [1.807, 2.05) is 0 Å². The third-order valence-electron chi connectivity index (χ3n) is 2.27. The highest BCUT2D eigenvalue weighted by Gasteiger charge is 2.57. The molecule has 0 bridgehead atoms. The molecule has 0 fully saturated rings. The Bertz CT molecular complexity index is 347. The summed E-state index contributed by atoms with van der Waals surface area (Å²) < 4.78 is 61.1. The molecule has 1 unspecified atom stereocenters. The molecule has 0 aliphatic rings. The van der Waals surface area contributed by atoms with Crippen molar-refractivity contribution in [3.05, 3.63) is 35.9 Å². The molecule has 1 rings (SSSR count). The molecular weight excluding hydrogens is 241 g/mol. The Morgan fingerprint density at radius 1 is 1.00 bits per heavy atom. The van der Waals surface area contributed by atoms with Crippen LogP contribution in [0.3, 0.4) is 0 Å². The summed E-state index contributed by atoms with van der Waals surface area (Å²) in [6.07, 6.45) is -6.95. The molecule has 0 radical (unpaired) electrons. The van der Waals surface area contributed by atoms with Crippen molar-refractivity contribution in [1.82, 2.24) is 0 Å². The SMILES string of the molecule is NC(Cc1ccccc1)CC(F)(F)C(F)(F)F. The quantitative estimate of drug-likeness (QED) is 0.819. The van der Waals surface area contributed by atoms with Gasteiger partial charge in [0.2, 0.25) is 0 Å². The van der Waals surface area contributed by atoms with E-state index in [0.29, 0.717) is 5.56 Å². The fraction of sp³-hybridized carbons (Fsp3) is 0.455. The molecule has 0 heterocycles. The molecule has 0 spiro atoms. The van der Waals surface area contributed by atoms with Gasteiger partial charge in [-0.2, -0.15) is 22.0 Å². The topological polar surface area (TPSA) is 26.0 Å². The van der Waals surface area contributed by atoms with Crippen LogP contribution in [0, 0.1) is 0 Å². The molecule has 6 heteroatoms. The maximum Gasteiger partial charge on any atom is 0.453 e. The minimum atomic E-state index is -5.54. The standard InChI is InChI=1S/C11H12F5N/c12-10(13,11(14,15)16)7-9(17)6-8-4-2-1-3-5-8/h1-5,9H,6-7,17H2. The van der Waals surface area contributed by atoms with Crippen LogP contribution < -0.4 is 5.73 Å². The van der Waals surface area contributed by atoms with Gasteiger partial charge in [0.05, 0.1) is 0 Å². The van der Waals surface area contributed by atoms with E-state index < -0.39 is 24.6 Å². The van der Waals surface area contributed by atoms with Gasteiger partial charge < -0.3 is 5.73 Å². The summed E-state index contributed by atoms with van der Waals surface area (Å²) in [6, 6.07) is 7.10. The summed E-state index contributed by atoms with van der Waals surface area (Å²) >= 11 is 0. The monoisotopic (exact) mass is 253 g/mol. The molecule has 0 saturated heterocycles. The largest absolute Gasteiger partial charge is 0.453 e. The smallest absolute Gasteiger partial charge is 0.327 e. The van der Waals surface area contributed by atoms with Gasteiger partial charge >= 0.3 is 12.1 Å². The number of hydrogen-bond donors (Lipinski definition) is 1. The highest BCUT2D eigenvalue weighted by molar-refractivity contribution is 5.15. The van der Waals surface area contributed by atoms with E-state index in [0.717, 1.165) is 0 Å². The van der Waals surface area contributed by atoms with E-state index in [4.69, 9.17) is 5.73 Å². The van der Waals surface area contributed by atoms with Gasteiger partial charge in [0, 0.05) is 12.5 Å². The first-order valence-electron chi connectivity index (χ1n) is 4.96. The summed E-state index contributed by atoms with van der Waals surface area (Å²) in [7, 11) is 0. The van der Waals surface area contributed by atoms with Gasteiger partial charge in [-0.25, -0.2) is 0 Å². The van der Waals surface area contributed by atoms with Crippen LogP contribution in [0.25, 0.3) is 0 Å². The predicted octanol–water partition coefficient (Wildman–Crippen LogP) is 3.14. The van der Waals surface area contributed by atoms with Crippen molar-refractivity contribution in [2.75, 3.05) is 0 Å². The van der Waals surface area contributed by atoms with Crippen LogP contribution in [0.2, 0.25) is 0 Å². The molecule has 1 atom stereocenters. The van der Waals surface area contributed by atoms with E-state index in [1.54, 1.807) is 30.3 Å². The van der Waals surface area contributed by atoms with Crippen LogP contribution in [-0.4, -0.2) is 18.1 Å². The van der Waals surface area contributed by atoms with E-state index in [9.17, 15) is 22.0 Å². The summed E-state index contributed by atoms with van der Waals surface area (Å²) in [5.74, 6) is -4.73. The lowest BCUT2D eigenvalue weighted by Crippen LogP contribution is -2.42. The lowest BCUT2D eigenvalue weighted by molar-refractivity contribution is -0.285. The predicted molar refractivity (Wildman–Crippen MR) is 53.7 cm³/mol. The molecule has 96 valence electrons. The summed E-state index contributed by atoms with van der Waals surface area (Å²) in [5, 5.41) is 0. The molecule has 0 aliphatic carbocycles. The van der Waals surface area contributed by atoms with Crippen molar-refractivity contribution in [1.29, 1.82) is 0 Å². The Hall–Kier alpha value is -1.17. The molecule has 1 aromatic carbocycles. The molecule has 2 N–H and O–H groups in total. The Kier molecular flexibility index (Phi) is 4.08. The Morgan fingerprint density at radius 2 is 1.53 bits per heavy atom. The molecule has 0 aliphatic heterocycles. The second-order valence-electron chi connectivity index (χ2n) is 3.86. The minimum Gasteiger partial charge on any atom is -0.327 e. The van der Waals surface area contributed by atoms with Crippen LogP contribution in [0.4, 0.5) is 22.0 Å². The Morgan fingerprint density at radius 3 is 2.00 bits per heavy atom. The number of hydrogen-bond acceptors (Lipinski definition) is 1. The molecule has 1 nitrogen and oxygen atoms in total. The van der Waals surface area contributed by atoms with Gasteiger partial charge in [0.25, 0.3) is 0 Å². The van der Waals surface area contributed by atoms with Gasteiger partial charge in [0.1, 0.15) is 0 Å². The number of halogens is 5. The van der Waals surface area contributed by atoms with Crippen molar-refractivity contribution in [2.45, 2.75) is 31.0 Å². The zero-order valence-electron chi connectivity index (χ0n) is 8.85. The summed E-state index contributed by atoms with van der Waals surface area (Å²) in [6.45, 7) is 0. The second-order valence-corrected chi connectivity index (χ2v) is 3.86. The number of rotatable bonds is 4. The lowest BCUT2D eigenvalue weighted by atomic mass is 10.0. The fourth-order valence-electron chi connectivity index (χ4n) is 1.43. The fourth-order valence-corrected chi connectivity index (χ4v) is 1.43. The van der Waals surface area contributed by atoms with Crippen LogP contribution in [0.15, 0.2) is 30.3 Å². The van der Waals surface area contributed by atoms with Gasteiger partial charge in [-0.1, -0.05) is 30.3 Å². The van der Waals surface area contributed by atoms with E-state index in [1.165, 1.54) is 0 Å². The average molecular weight is 253 g/mol. The maximum atomic E-state index is 12.7. The summed E-state index contributed by atoms with van der Waals surface area (Å²) in [5.41, 5.74) is 5.95. The van der Waals surface area contributed by atoms with Crippen LogP contribution >= 0.6 is 0 Å². The minimum absolute atomic E-state index is 0.00743. The zero-order chi connectivity index (χ0) is 13.1. The third-order valence-corrected chi connectivity index (χ3v) is 2.27. The Labute approximate surface area is 95.4 Å². The highest BCUT2D eigenvalue weighted by Crippen LogP contribution is 2.38. The molecule has 17 heavy (non-hydrogen) atoms. The lowest BCUT2D eigenvalue weighted by Gasteiger charge is -2.22. The second kappa shape index (κ2) is 5.00. The van der Waals surface area contributed by atoms with Crippen molar-refractivity contribution < 1.29 is 22.0 Å². The zero-order valence-corrected chi connectivity index (χ0v) is 8.85. The molecule has 1 aromatic rings.